The molecule has 0 N–H and O–H groups in total. The lowest BCUT2D eigenvalue weighted by atomic mass is 10.2. The average Bonchev–Trinajstić information content (AvgIpc) is 2.82. The first-order chi connectivity index (χ1) is 11.5. The molecular formula is C16H16IN2O4S-. The van der Waals surface area contributed by atoms with E-state index in [9.17, 15) is 14.7 Å². The van der Waals surface area contributed by atoms with E-state index >= 15 is 0 Å². The molecule has 0 atom stereocenters. The first-order valence-corrected chi connectivity index (χ1v) is 9.23. The van der Waals surface area contributed by atoms with Crippen molar-refractivity contribution in [2.45, 2.75) is 13.8 Å². The molecule has 1 aromatic rings. The van der Waals surface area contributed by atoms with Crippen LogP contribution in [0.1, 0.15) is 19.4 Å². The molecule has 0 bridgehead atoms. The first-order valence-electron chi connectivity index (χ1n) is 7.34. The summed E-state index contributed by atoms with van der Waals surface area (Å²) in [6.07, 6.45) is 1.80. The van der Waals surface area contributed by atoms with E-state index in [1.165, 1.54) is 11.8 Å². The molecule has 6 nitrogen and oxygen atoms in total. The lowest BCUT2D eigenvalue weighted by molar-refractivity contribution is -0.307. The third kappa shape index (κ3) is 4.50. The van der Waals surface area contributed by atoms with Gasteiger partial charge in [0.2, 0.25) is 0 Å². The van der Waals surface area contributed by atoms with Crippen LogP contribution in [0.15, 0.2) is 28.1 Å². The molecule has 1 heterocycles. The summed E-state index contributed by atoms with van der Waals surface area (Å²) in [7, 11) is 0. The normalized spacial score (nSPS) is 17.8. The standard InChI is InChI=1S/C16H17IN2O4S/c1-3-18-16-19(4-2)15(22)13(24-16)8-10-5-6-12(11(17)7-10)23-9-14(20)21/h5-8H,3-4,9H2,1-2H3,(H,20,21)/p-1/b13-8-,18-16?. The van der Waals surface area contributed by atoms with Gasteiger partial charge in [-0.05, 0) is 72.0 Å². The van der Waals surface area contributed by atoms with E-state index in [2.05, 4.69) is 27.6 Å². The van der Waals surface area contributed by atoms with Crippen LogP contribution in [0.4, 0.5) is 0 Å². The highest BCUT2D eigenvalue weighted by Crippen LogP contribution is 2.33. The zero-order chi connectivity index (χ0) is 17.7. The number of ether oxygens (including phenoxy) is 1. The Labute approximate surface area is 158 Å². The van der Waals surface area contributed by atoms with Crippen molar-refractivity contribution in [1.29, 1.82) is 0 Å². The van der Waals surface area contributed by atoms with E-state index in [1.807, 2.05) is 19.9 Å². The van der Waals surface area contributed by atoms with Crippen LogP contribution in [-0.2, 0) is 9.59 Å². The summed E-state index contributed by atoms with van der Waals surface area (Å²) in [5.74, 6) is -0.856. The van der Waals surface area contributed by atoms with Crippen molar-refractivity contribution in [2.75, 3.05) is 19.7 Å². The Bertz CT molecular complexity index is 718. The number of carboxylic acid groups (broad SMARTS) is 1. The Hall–Kier alpha value is -1.55. The summed E-state index contributed by atoms with van der Waals surface area (Å²) < 4.78 is 5.90. The number of benzene rings is 1. The molecule has 128 valence electrons. The van der Waals surface area contributed by atoms with Crippen LogP contribution in [0.3, 0.4) is 0 Å². The average molecular weight is 459 g/mol. The Morgan fingerprint density at radius 1 is 1.46 bits per heavy atom. The molecule has 24 heavy (non-hydrogen) atoms. The van der Waals surface area contributed by atoms with Crippen LogP contribution >= 0.6 is 34.4 Å². The number of amides is 1. The number of aliphatic imine (C=N–C) groups is 1. The number of hydrogen-bond acceptors (Lipinski definition) is 6. The maximum atomic E-state index is 12.4. The predicted octanol–water partition coefficient (Wildman–Crippen LogP) is 1.73. The maximum absolute atomic E-state index is 12.4. The number of nitrogens with zero attached hydrogens (tertiary/aromatic N) is 2. The molecule has 1 aliphatic heterocycles. The summed E-state index contributed by atoms with van der Waals surface area (Å²) in [6.45, 7) is 4.56. The molecule has 0 aromatic heterocycles. The molecule has 1 saturated heterocycles. The van der Waals surface area contributed by atoms with Gasteiger partial charge in [0, 0.05) is 13.1 Å². The number of carbonyl (C=O) groups excluding carboxylic acids is 2. The van der Waals surface area contributed by atoms with Crippen LogP contribution in [0.2, 0.25) is 0 Å². The Morgan fingerprint density at radius 2 is 2.21 bits per heavy atom. The number of aliphatic carboxylic acids is 1. The van der Waals surface area contributed by atoms with Crippen LogP contribution < -0.4 is 9.84 Å². The zero-order valence-corrected chi connectivity index (χ0v) is 16.2. The van der Waals surface area contributed by atoms with Crippen molar-refractivity contribution in [2.24, 2.45) is 4.99 Å². The van der Waals surface area contributed by atoms with Crippen molar-refractivity contribution in [3.63, 3.8) is 0 Å². The first kappa shape index (κ1) is 18.8. The van der Waals surface area contributed by atoms with Gasteiger partial charge in [-0.25, -0.2) is 0 Å². The van der Waals surface area contributed by atoms with Crippen LogP contribution in [0.25, 0.3) is 6.08 Å². The van der Waals surface area contributed by atoms with Gasteiger partial charge in [-0.1, -0.05) is 6.07 Å². The molecule has 0 aliphatic carbocycles. The van der Waals surface area contributed by atoms with Crippen molar-refractivity contribution in [3.05, 3.63) is 32.2 Å². The minimum atomic E-state index is -1.27. The Kier molecular flexibility index (Phi) is 6.67. The van der Waals surface area contributed by atoms with Crippen molar-refractivity contribution in [3.8, 4) is 5.75 Å². The summed E-state index contributed by atoms with van der Waals surface area (Å²) in [5.41, 5.74) is 0.838. The summed E-state index contributed by atoms with van der Waals surface area (Å²) >= 11 is 3.42. The Morgan fingerprint density at radius 3 is 2.79 bits per heavy atom. The van der Waals surface area contributed by atoms with Gasteiger partial charge in [-0.3, -0.25) is 14.7 Å². The smallest absolute Gasteiger partial charge is 0.266 e. The predicted molar refractivity (Wildman–Crippen MR) is 101 cm³/mol. The number of thioether (sulfide) groups is 1. The third-order valence-corrected chi connectivity index (χ3v) is 4.98. The van der Waals surface area contributed by atoms with Gasteiger partial charge in [0.1, 0.15) is 12.4 Å². The molecule has 0 saturated carbocycles. The van der Waals surface area contributed by atoms with E-state index in [0.717, 1.165) is 14.3 Å². The highest BCUT2D eigenvalue weighted by Gasteiger charge is 2.31. The fourth-order valence-corrected chi connectivity index (χ4v) is 3.85. The monoisotopic (exact) mass is 459 g/mol. The molecule has 2 rings (SSSR count). The number of carbonyl (C=O) groups is 2. The van der Waals surface area contributed by atoms with Crippen LogP contribution in [-0.4, -0.2) is 41.6 Å². The topological polar surface area (TPSA) is 82.0 Å². The fraction of sp³-hybridized carbons (Fsp3) is 0.312. The van der Waals surface area contributed by atoms with E-state index < -0.39 is 12.6 Å². The quantitative estimate of drug-likeness (QED) is 0.478. The van der Waals surface area contributed by atoms with Crippen molar-refractivity contribution in [1.82, 2.24) is 4.90 Å². The number of carboxylic acids is 1. The lowest BCUT2D eigenvalue weighted by Gasteiger charge is -2.11. The molecule has 1 aliphatic rings. The van der Waals surface area contributed by atoms with Gasteiger partial charge in [0.15, 0.2) is 5.17 Å². The molecule has 1 aromatic carbocycles. The number of likely N-dealkylation sites (N-methyl/N-ethyl adjacent to an activating group) is 1. The minimum Gasteiger partial charge on any atom is -0.546 e. The number of rotatable bonds is 6. The third-order valence-electron chi connectivity index (χ3n) is 3.10. The van der Waals surface area contributed by atoms with Crippen molar-refractivity contribution < 1.29 is 19.4 Å². The second kappa shape index (κ2) is 8.52. The van der Waals surface area contributed by atoms with Crippen LogP contribution in [0, 0.1) is 3.57 Å². The van der Waals surface area contributed by atoms with Gasteiger partial charge in [0.05, 0.1) is 14.4 Å². The molecule has 0 spiro atoms. The summed E-state index contributed by atoms with van der Waals surface area (Å²) in [4.78, 5) is 29.5. The maximum Gasteiger partial charge on any atom is 0.266 e. The van der Waals surface area contributed by atoms with E-state index in [4.69, 9.17) is 4.74 Å². The van der Waals surface area contributed by atoms with Gasteiger partial charge >= 0.3 is 0 Å². The second-order valence-corrected chi connectivity index (χ2v) is 6.94. The number of halogens is 1. The van der Waals surface area contributed by atoms with Gasteiger partial charge in [-0.15, -0.1) is 0 Å². The minimum absolute atomic E-state index is 0.0537. The van der Waals surface area contributed by atoms with Gasteiger partial charge in [0.25, 0.3) is 5.91 Å². The number of amidine groups is 1. The Balaban J connectivity index is 2.22. The molecular weight excluding hydrogens is 443 g/mol. The lowest BCUT2D eigenvalue weighted by Crippen LogP contribution is -2.29. The molecule has 8 heteroatoms. The number of hydrogen-bond donors (Lipinski definition) is 0. The highest BCUT2D eigenvalue weighted by atomic mass is 127. The van der Waals surface area contributed by atoms with Gasteiger partial charge < -0.3 is 14.6 Å². The second-order valence-electron chi connectivity index (χ2n) is 4.77. The highest BCUT2D eigenvalue weighted by molar-refractivity contribution is 14.1. The molecule has 1 amide bonds. The summed E-state index contributed by atoms with van der Waals surface area (Å²) in [5, 5.41) is 11.2. The largest absolute Gasteiger partial charge is 0.546 e. The zero-order valence-electron chi connectivity index (χ0n) is 13.2. The van der Waals surface area contributed by atoms with Crippen LogP contribution in [0.5, 0.6) is 5.75 Å². The van der Waals surface area contributed by atoms with Gasteiger partial charge in [-0.2, -0.15) is 0 Å². The van der Waals surface area contributed by atoms with Crippen molar-refractivity contribution >= 4 is 57.5 Å². The van der Waals surface area contributed by atoms with E-state index in [-0.39, 0.29) is 5.91 Å². The van der Waals surface area contributed by atoms with E-state index in [1.54, 1.807) is 23.1 Å². The summed E-state index contributed by atoms with van der Waals surface area (Å²) in [6, 6.07) is 5.29. The molecule has 1 fully saturated rings. The fourth-order valence-electron chi connectivity index (χ4n) is 2.05. The molecule has 0 unspecified atom stereocenters. The molecule has 0 radical (unpaired) electrons. The van der Waals surface area contributed by atoms with E-state index in [0.29, 0.717) is 23.7 Å². The SMILES string of the molecule is CCN=C1S/C(=C\c2ccc(OCC(=O)[O-])c(I)c2)C(=O)N1CC.